The Bertz CT molecular complexity index is 748. The summed E-state index contributed by atoms with van der Waals surface area (Å²) >= 11 is 0. The number of nitrogens with zero attached hydrogens (tertiary/aromatic N) is 3. The summed E-state index contributed by atoms with van der Waals surface area (Å²) in [6.07, 6.45) is 2.01. The molecule has 138 valence electrons. The smallest absolute Gasteiger partial charge is 0.229 e. The zero-order valence-electron chi connectivity index (χ0n) is 14.9. The lowest BCUT2D eigenvalue weighted by molar-refractivity contribution is 0.122. The summed E-state index contributed by atoms with van der Waals surface area (Å²) in [6.45, 7) is 4.55. The summed E-state index contributed by atoms with van der Waals surface area (Å²) < 4.78 is 11.2. The van der Waals surface area contributed by atoms with Crippen LogP contribution in [0.25, 0.3) is 0 Å². The molecule has 1 aromatic carbocycles. The fraction of sp³-hybridized carbons (Fsp3) is 0.474. The van der Waals surface area contributed by atoms with E-state index in [9.17, 15) is 0 Å². The summed E-state index contributed by atoms with van der Waals surface area (Å²) in [5.41, 5.74) is 7.27. The van der Waals surface area contributed by atoms with Crippen molar-refractivity contribution in [3.8, 4) is 5.75 Å². The van der Waals surface area contributed by atoms with Gasteiger partial charge in [0.15, 0.2) is 0 Å². The molecule has 0 radical (unpaired) electrons. The third-order valence-corrected chi connectivity index (χ3v) is 4.86. The molecule has 2 aromatic rings. The Balaban J connectivity index is 1.42. The molecule has 0 saturated carbocycles. The summed E-state index contributed by atoms with van der Waals surface area (Å²) in [7, 11) is 0. The Morgan fingerprint density at radius 3 is 2.88 bits per heavy atom. The number of rotatable bonds is 4. The van der Waals surface area contributed by atoms with Gasteiger partial charge in [-0.1, -0.05) is 18.2 Å². The van der Waals surface area contributed by atoms with Gasteiger partial charge in [-0.15, -0.1) is 0 Å². The maximum absolute atomic E-state index is 5.99. The minimum Gasteiger partial charge on any atom is -0.493 e. The van der Waals surface area contributed by atoms with Crippen molar-refractivity contribution in [2.24, 2.45) is 5.92 Å². The fourth-order valence-electron chi connectivity index (χ4n) is 3.43. The van der Waals surface area contributed by atoms with E-state index in [-0.39, 0.29) is 0 Å². The van der Waals surface area contributed by atoms with E-state index >= 15 is 0 Å². The molecule has 0 unspecified atom stereocenters. The second-order valence-corrected chi connectivity index (χ2v) is 6.77. The number of ether oxygens (including phenoxy) is 2. The van der Waals surface area contributed by atoms with Crippen LogP contribution >= 0.6 is 0 Å². The number of fused-ring (bicyclic) bond motifs is 1. The highest BCUT2D eigenvalue weighted by atomic mass is 16.5. The topological polar surface area (TPSA) is 85.5 Å². The molecule has 4 rings (SSSR count). The van der Waals surface area contributed by atoms with Crippen molar-refractivity contribution < 1.29 is 9.47 Å². The largest absolute Gasteiger partial charge is 0.493 e. The van der Waals surface area contributed by atoms with Crippen LogP contribution in [0.2, 0.25) is 0 Å². The molecule has 0 amide bonds. The number of benzene rings is 1. The van der Waals surface area contributed by atoms with Crippen LogP contribution in [0.5, 0.6) is 5.75 Å². The molecule has 2 aliphatic heterocycles. The molecule has 0 aliphatic carbocycles. The maximum Gasteiger partial charge on any atom is 0.229 e. The highest BCUT2D eigenvalue weighted by Gasteiger charge is 2.19. The molecule has 3 N–H and O–H groups in total. The lowest BCUT2D eigenvalue weighted by Crippen LogP contribution is -2.37. The molecule has 7 nitrogen and oxygen atoms in total. The first-order valence-corrected chi connectivity index (χ1v) is 9.20. The number of morpholine rings is 1. The summed E-state index contributed by atoms with van der Waals surface area (Å²) in [5, 5.41) is 3.45. The molecule has 1 atom stereocenters. The monoisotopic (exact) mass is 355 g/mol. The van der Waals surface area contributed by atoms with Gasteiger partial charge in [0.25, 0.3) is 0 Å². The fourth-order valence-corrected chi connectivity index (χ4v) is 3.43. The number of hydrogen-bond donors (Lipinski definition) is 2. The minimum atomic E-state index is 0.485. The van der Waals surface area contributed by atoms with Gasteiger partial charge in [0.1, 0.15) is 17.4 Å². The first-order chi connectivity index (χ1) is 12.8. The highest BCUT2D eigenvalue weighted by Crippen LogP contribution is 2.27. The van der Waals surface area contributed by atoms with Crippen molar-refractivity contribution >= 4 is 17.6 Å². The van der Waals surface area contributed by atoms with E-state index in [0.29, 0.717) is 30.9 Å². The van der Waals surface area contributed by atoms with Gasteiger partial charge < -0.3 is 25.4 Å². The maximum atomic E-state index is 5.99. The van der Waals surface area contributed by atoms with E-state index in [2.05, 4.69) is 32.3 Å². The van der Waals surface area contributed by atoms with Crippen molar-refractivity contribution in [2.75, 3.05) is 55.4 Å². The molecule has 1 saturated heterocycles. The lowest BCUT2D eigenvalue weighted by atomic mass is 9.97. The molecular formula is C19H25N5O2. The average Bonchev–Trinajstić information content (AvgIpc) is 2.88. The molecule has 0 spiro atoms. The van der Waals surface area contributed by atoms with Crippen LogP contribution in [0.15, 0.2) is 30.3 Å². The van der Waals surface area contributed by atoms with Crippen LogP contribution in [0.3, 0.4) is 0 Å². The number of anilines is 3. The van der Waals surface area contributed by atoms with E-state index in [0.717, 1.165) is 50.7 Å². The van der Waals surface area contributed by atoms with Crippen LogP contribution < -0.4 is 20.7 Å². The predicted octanol–water partition coefficient (Wildman–Crippen LogP) is 1.95. The van der Waals surface area contributed by atoms with Crippen molar-refractivity contribution in [1.82, 2.24) is 9.97 Å². The number of aromatic nitrogens is 2. The first-order valence-electron chi connectivity index (χ1n) is 9.20. The highest BCUT2D eigenvalue weighted by molar-refractivity contribution is 5.51. The second-order valence-electron chi connectivity index (χ2n) is 6.77. The van der Waals surface area contributed by atoms with Crippen molar-refractivity contribution in [3.63, 3.8) is 0 Å². The third-order valence-electron chi connectivity index (χ3n) is 4.86. The molecular weight excluding hydrogens is 330 g/mol. The number of para-hydroxylation sites is 1. The molecule has 3 heterocycles. The van der Waals surface area contributed by atoms with Gasteiger partial charge in [-0.2, -0.15) is 9.97 Å². The number of nitrogen functional groups attached to an aromatic ring is 1. The van der Waals surface area contributed by atoms with Gasteiger partial charge in [-0.05, 0) is 30.4 Å². The quantitative estimate of drug-likeness (QED) is 0.867. The summed E-state index contributed by atoms with van der Waals surface area (Å²) in [4.78, 5) is 11.1. The minimum absolute atomic E-state index is 0.485. The van der Waals surface area contributed by atoms with E-state index < -0.39 is 0 Å². The summed E-state index contributed by atoms with van der Waals surface area (Å²) in [5.74, 6) is 3.43. The molecule has 0 bridgehead atoms. The van der Waals surface area contributed by atoms with E-state index in [1.165, 1.54) is 5.56 Å². The van der Waals surface area contributed by atoms with Gasteiger partial charge in [-0.25, -0.2) is 0 Å². The van der Waals surface area contributed by atoms with Crippen LogP contribution in [0.4, 0.5) is 17.6 Å². The number of nitrogens with one attached hydrogen (secondary N) is 1. The molecule has 2 aliphatic rings. The molecule has 26 heavy (non-hydrogen) atoms. The van der Waals surface area contributed by atoms with Crippen molar-refractivity contribution in [2.45, 2.75) is 12.8 Å². The molecule has 7 heteroatoms. The van der Waals surface area contributed by atoms with Crippen molar-refractivity contribution in [3.05, 3.63) is 35.9 Å². The van der Waals surface area contributed by atoms with E-state index in [4.69, 9.17) is 15.2 Å². The second kappa shape index (κ2) is 7.78. The Morgan fingerprint density at radius 2 is 2.00 bits per heavy atom. The number of hydrogen-bond acceptors (Lipinski definition) is 7. The average molecular weight is 355 g/mol. The van der Waals surface area contributed by atoms with Gasteiger partial charge in [-0.3, -0.25) is 0 Å². The van der Waals surface area contributed by atoms with Crippen molar-refractivity contribution in [1.29, 1.82) is 0 Å². The van der Waals surface area contributed by atoms with Crippen LogP contribution in [-0.2, 0) is 11.2 Å². The Hall–Kier alpha value is -2.54. The van der Waals surface area contributed by atoms with Gasteiger partial charge >= 0.3 is 0 Å². The van der Waals surface area contributed by atoms with Crippen LogP contribution in [0.1, 0.15) is 12.0 Å². The summed E-state index contributed by atoms with van der Waals surface area (Å²) in [6, 6.07) is 10.1. The Kier molecular flexibility index (Phi) is 5.06. The third kappa shape index (κ3) is 3.99. The van der Waals surface area contributed by atoms with Gasteiger partial charge in [0.05, 0.1) is 19.8 Å². The zero-order valence-corrected chi connectivity index (χ0v) is 14.9. The lowest BCUT2D eigenvalue weighted by Gasteiger charge is -2.27. The van der Waals surface area contributed by atoms with E-state index in [1.54, 1.807) is 6.07 Å². The predicted molar refractivity (Wildman–Crippen MR) is 102 cm³/mol. The van der Waals surface area contributed by atoms with E-state index in [1.807, 2.05) is 12.1 Å². The normalized spacial score (nSPS) is 20.0. The van der Waals surface area contributed by atoms with Gasteiger partial charge in [0, 0.05) is 25.7 Å². The van der Waals surface area contributed by atoms with Crippen LogP contribution in [0, 0.1) is 5.92 Å². The molecule has 1 aromatic heterocycles. The molecule has 1 fully saturated rings. The Labute approximate surface area is 153 Å². The Morgan fingerprint density at radius 1 is 1.15 bits per heavy atom. The standard InChI is InChI=1S/C19H25N5O2/c20-17-12-18(23-19(22-17)24-6-9-25-10-7-24)21-13-14-5-8-26-16-4-2-1-3-15(16)11-14/h1-4,12,14H,5-11,13H2,(H3,20,21,22,23)/t14-/m0/s1. The zero-order chi connectivity index (χ0) is 17.8. The first kappa shape index (κ1) is 16.9. The number of nitrogens with two attached hydrogens (primary N) is 1. The van der Waals surface area contributed by atoms with Crippen LogP contribution in [-0.4, -0.2) is 49.4 Å². The van der Waals surface area contributed by atoms with Gasteiger partial charge in [0.2, 0.25) is 5.95 Å². The SMILES string of the molecule is Nc1cc(NC[C@H]2CCOc3ccccc3C2)nc(N2CCOCC2)n1.